The average Bonchev–Trinajstić information content (AvgIpc) is 2.89. The topological polar surface area (TPSA) is 84.2 Å². The van der Waals surface area contributed by atoms with Crippen LogP contribution in [-0.2, 0) is 17.5 Å². The quantitative estimate of drug-likeness (QED) is 0.896. The van der Waals surface area contributed by atoms with Crippen molar-refractivity contribution < 1.29 is 27.9 Å². The van der Waals surface area contributed by atoms with Gasteiger partial charge >= 0.3 is 12.1 Å². The molecule has 2 aromatic rings. The molecule has 1 aromatic heterocycles. The summed E-state index contributed by atoms with van der Waals surface area (Å²) in [5.74, 6) is -1.75. The molecule has 0 fully saturated rings. The molecule has 0 aliphatic carbocycles. The van der Waals surface area contributed by atoms with Crippen LogP contribution in [0.2, 0.25) is 0 Å². The smallest absolute Gasteiger partial charge is 0.435 e. The van der Waals surface area contributed by atoms with E-state index in [0.29, 0.717) is 11.1 Å². The summed E-state index contributed by atoms with van der Waals surface area (Å²) in [5.41, 5.74) is 0.415. The molecule has 0 bridgehead atoms. The predicted octanol–water partition coefficient (Wildman–Crippen LogP) is 2.86. The summed E-state index contributed by atoms with van der Waals surface area (Å²) in [6, 6.07) is 3.69. The Labute approximate surface area is 134 Å². The fourth-order valence-corrected chi connectivity index (χ4v) is 2.16. The van der Waals surface area contributed by atoms with Gasteiger partial charge in [-0.1, -0.05) is 6.07 Å². The number of benzene rings is 1. The number of hydrogen-bond donors (Lipinski definition) is 2. The van der Waals surface area contributed by atoms with Crippen LogP contribution >= 0.6 is 0 Å². The standard InChI is InChI=1S/C15H14F3N3O3/c1-8-5-9(2)11(6-10(8)14(23)24)19-13(22)7-21-4-3-12(20-21)15(16,17)18/h3-6H,7H2,1-2H3,(H,19,22)(H,23,24). The van der Waals surface area contributed by atoms with Gasteiger partial charge in [-0.25, -0.2) is 4.79 Å². The Morgan fingerprint density at radius 1 is 1.25 bits per heavy atom. The lowest BCUT2D eigenvalue weighted by Crippen LogP contribution is -2.20. The summed E-state index contributed by atoms with van der Waals surface area (Å²) >= 11 is 0. The number of hydrogen-bond acceptors (Lipinski definition) is 3. The van der Waals surface area contributed by atoms with Crippen molar-refractivity contribution in [2.24, 2.45) is 0 Å². The first-order chi connectivity index (χ1) is 11.1. The number of halogens is 3. The van der Waals surface area contributed by atoms with Crippen molar-refractivity contribution in [3.05, 3.63) is 46.8 Å². The molecule has 2 N–H and O–H groups in total. The van der Waals surface area contributed by atoms with E-state index in [4.69, 9.17) is 5.11 Å². The van der Waals surface area contributed by atoms with Gasteiger partial charge in [-0.2, -0.15) is 18.3 Å². The first kappa shape index (κ1) is 17.5. The molecule has 6 nitrogen and oxygen atoms in total. The molecule has 2 rings (SSSR count). The maximum atomic E-state index is 12.5. The van der Waals surface area contributed by atoms with E-state index in [-0.39, 0.29) is 11.3 Å². The van der Waals surface area contributed by atoms with E-state index in [1.54, 1.807) is 19.9 Å². The largest absolute Gasteiger partial charge is 0.478 e. The minimum atomic E-state index is -4.58. The number of carboxylic acid groups (broad SMARTS) is 1. The Morgan fingerprint density at radius 2 is 1.92 bits per heavy atom. The highest BCUT2D eigenvalue weighted by Gasteiger charge is 2.33. The number of alkyl halides is 3. The van der Waals surface area contributed by atoms with Gasteiger partial charge in [0.2, 0.25) is 5.91 Å². The molecule has 0 aliphatic rings. The molecule has 1 amide bonds. The van der Waals surface area contributed by atoms with Crippen molar-refractivity contribution >= 4 is 17.6 Å². The summed E-state index contributed by atoms with van der Waals surface area (Å²) in [4.78, 5) is 23.1. The summed E-state index contributed by atoms with van der Waals surface area (Å²) in [7, 11) is 0. The molecular formula is C15H14F3N3O3. The van der Waals surface area contributed by atoms with Gasteiger partial charge in [-0.3, -0.25) is 9.48 Å². The van der Waals surface area contributed by atoms with E-state index in [0.717, 1.165) is 16.9 Å². The molecule has 24 heavy (non-hydrogen) atoms. The van der Waals surface area contributed by atoms with Crippen LogP contribution in [0.1, 0.15) is 27.2 Å². The van der Waals surface area contributed by atoms with Gasteiger partial charge in [0, 0.05) is 11.9 Å². The molecule has 0 saturated heterocycles. The van der Waals surface area contributed by atoms with E-state index in [9.17, 15) is 22.8 Å². The third-order valence-corrected chi connectivity index (χ3v) is 3.31. The van der Waals surface area contributed by atoms with Crippen molar-refractivity contribution in [1.82, 2.24) is 9.78 Å². The van der Waals surface area contributed by atoms with Crippen molar-refractivity contribution in [2.45, 2.75) is 26.6 Å². The highest BCUT2D eigenvalue weighted by atomic mass is 19.4. The Balaban J connectivity index is 2.14. The lowest BCUT2D eigenvalue weighted by atomic mass is 10.0. The van der Waals surface area contributed by atoms with Gasteiger partial charge < -0.3 is 10.4 Å². The minimum Gasteiger partial charge on any atom is -0.478 e. The number of nitrogens with one attached hydrogen (secondary N) is 1. The van der Waals surface area contributed by atoms with Crippen LogP contribution < -0.4 is 5.32 Å². The number of carbonyl (C=O) groups is 2. The fraction of sp³-hybridized carbons (Fsp3) is 0.267. The molecular weight excluding hydrogens is 327 g/mol. The molecule has 1 aromatic carbocycles. The van der Waals surface area contributed by atoms with Crippen molar-refractivity contribution in [2.75, 3.05) is 5.32 Å². The molecule has 9 heteroatoms. The maximum absolute atomic E-state index is 12.5. The Morgan fingerprint density at radius 3 is 2.46 bits per heavy atom. The van der Waals surface area contributed by atoms with Crippen LogP contribution in [0.15, 0.2) is 24.4 Å². The van der Waals surface area contributed by atoms with Gasteiger partial charge in [-0.15, -0.1) is 0 Å². The second-order valence-electron chi connectivity index (χ2n) is 5.23. The molecule has 0 aliphatic heterocycles. The molecule has 0 spiro atoms. The van der Waals surface area contributed by atoms with Gasteiger partial charge in [0.25, 0.3) is 0 Å². The second-order valence-corrected chi connectivity index (χ2v) is 5.23. The van der Waals surface area contributed by atoms with Crippen LogP contribution in [0.25, 0.3) is 0 Å². The normalized spacial score (nSPS) is 11.4. The number of rotatable bonds is 4. The fourth-order valence-electron chi connectivity index (χ4n) is 2.16. The van der Waals surface area contributed by atoms with E-state index < -0.39 is 30.3 Å². The lowest BCUT2D eigenvalue weighted by molar-refractivity contribution is -0.141. The summed E-state index contributed by atoms with van der Waals surface area (Å²) in [6.07, 6.45) is -3.53. The summed E-state index contributed by atoms with van der Waals surface area (Å²) in [5, 5.41) is 14.9. The van der Waals surface area contributed by atoms with E-state index in [1.807, 2.05) is 0 Å². The maximum Gasteiger partial charge on any atom is 0.435 e. The number of aromatic carboxylic acids is 1. The monoisotopic (exact) mass is 341 g/mol. The number of aryl methyl sites for hydroxylation is 2. The first-order valence-corrected chi connectivity index (χ1v) is 6.83. The third-order valence-electron chi connectivity index (χ3n) is 3.31. The average molecular weight is 341 g/mol. The van der Waals surface area contributed by atoms with Crippen molar-refractivity contribution in [3.8, 4) is 0 Å². The number of carbonyl (C=O) groups excluding carboxylic acids is 1. The number of carboxylic acids is 1. The number of anilines is 1. The van der Waals surface area contributed by atoms with Gasteiger partial charge in [-0.05, 0) is 37.1 Å². The Kier molecular flexibility index (Phi) is 4.63. The molecule has 0 unspecified atom stereocenters. The summed E-state index contributed by atoms with van der Waals surface area (Å²) < 4.78 is 38.3. The molecule has 0 atom stereocenters. The molecule has 0 saturated carbocycles. The van der Waals surface area contributed by atoms with E-state index >= 15 is 0 Å². The second kappa shape index (κ2) is 6.34. The van der Waals surface area contributed by atoms with Gasteiger partial charge in [0.05, 0.1) is 5.56 Å². The zero-order valence-corrected chi connectivity index (χ0v) is 12.8. The number of nitrogens with zero attached hydrogens (tertiary/aromatic N) is 2. The Hall–Kier alpha value is -2.84. The predicted molar refractivity (Wildman–Crippen MR) is 78.7 cm³/mol. The van der Waals surface area contributed by atoms with Crippen LogP contribution in [0.5, 0.6) is 0 Å². The van der Waals surface area contributed by atoms with Crippen molar-refractivity contribution in [1.29, 1.82) is 0 Å². The summed E-state index contributed by atoms with van der Waals surface area (Å²) in [6.45, 7) is 2.89. The van der Waals surface area contributed by atoms with Crippen LogP contribution in [-0.4, -0.2) is 26.8 Å². The SMILES string of the molecule is Cc1cc(C)c(C(=O)O)cc1NC(=O)Cn1ccc(C(F)(F)F)n1. The zero-order valence-electron chi connectivity index (χ0n) is 12.8. The van der Waals surface area contributed by atoms with Gasteiger partial charge in [0.1, 0.15) is 6.54 Å². The lowest BCUT2D eigenvalue weighted by Gasteiger charge is -2.11. The van der Waals surface area contributed by atoms with E-state index in [2.05, 4.69) is 10.4 Å². The molecule has 1 heterocycles. The zero-order chi connectivity index (χ0) is 18.1. The first-order valence-electron chi connectivity index (χ1n) is 6.83. The highest BCUT2D eigenvalue weighted by molar-refractivity contribution is 5.95. The molecule has 0 radical (unpaired) electrons. The third kappa shape index (κ3) is 3.92. The highest BCUT2D eigenvalue weighted by Crippen LogP contribution is 2.27. The van der Waals surface area contributed by atoms with Crippen LogP contribution in [0, 0.1) is 13.8 Å². The minimum absolute atomic E-state index is 0.0364. The number of amides is 1. The van der Waals surface area contributed by atoms with Crippen LogP contribution in [0.3, 0.4) is 0 Å². The Bertz CT molecular complexity index is 797. The molecule has 128 valence electrons. The van der Waals surface area contributed by atoms with Crippen molar-refractivity contribution in [3.63, 3.8) is 0 Å². The number of aromatic nitrogens is 2. The van der Waals surface area contributed by atoms with Gasteiger partial charge in [0.15, 0.2) is 5.69 Å². The van der Waals surface area contributed by atoms with E-state index in [1.165, 1.54) is 6.07 Å². The van der Waals surface area contributed by atoms with Crippen LogP contribution in [0.4, 0.5) is 18.9 Å².